The molecule has 9 heteroatoms. The van der Waals surface area contributed by atoms with Gasteiger partial charge in [0.1, 0.15) is 18.2 Å². The summed E-state index contributed by atoms with van der Waals surface area (Å²) in [5, 5.41) is 16.8. The summed E-state index contributed by atoms with van der Waals surface area (Å²) < 4.78 is 11.1. The Morgan fingerprint density at radius 1 is 1.17 bits per heavy atom. The molecule has 3 rings (SSSR count). The van der Waals surface area contributed by atoms with Crippen LogP contribution in [0.4, 0.5) is 5.82 Å². The van der Waals surface area contributed by atoms with Gasteiger partial charge in [0.15, 0.2) is 0 Å². The molecular weight excluding hydrogens is 406 g/mol. The number of halogens is 1. The maximum Gasteiger partial charge on any atom is 0.258 e. The average molecular weight is 432 g/mol. The fourth-order valence-electron chi connectivity index (χ4n) is 2.91. The fraction of sp³-hybridized carbons (Fsp3) is 0.381. The molecule has 30 heavy (non-hydrogen) atoms. The number of ether oxygens (including phenoxy) is 1. The van der Waals surface area contributed by atoms with Crippen molar-refractivity contribution in [3.8, 4) is 28.6 Å². The average Bonchev–Trinajstić information content (AvgIpc) is 3.16. The molecule has 1 aromatic carbocycles. The van der Waals surface area contributed by atoms with Gasteiger partial charge in [-0.3, -0.25) is 0 Å². The largest absolute Gasteiger partial charge is 0.490 e. The van der Waals surface area contributed by atoms with E-state index in [4.69, 9.17) is 31.7 Å². The van der Waals surface area contributed by atoms with Gasteiger partial charge in [-0.25, -0.2) is 4.98 Å². The number of nitrogens with zero attached hydrogens (tertiary/aromatic N) is 3. The van der Waals surface area contributed by atoms with Gasteiger partial charge in [0.2, 0.25) is 5.82 Å². The summed E-state index contributed by atoms with van der Waals surface area (Å²) in [7, 11) is 0. The number of nitrogens with two attached hydrogens (primary N) is 1. The number of pyridine rings is 1. The minimum Gasteiger partial charge on any atom is -0.490 e. The van der Waals surface area contributed by atoms with Crippen LogP contribution in [0.1, 0.15) is 25.1 Å². The van der Waals surface area contributed by atoms with Crippen molar-refractivity contribution in [2.24, 2.45) is 5.73 Å². The fourth-order valence-corrected chi connectivity index (χ4v) is 3.23. The van der Waals surface area contributed by atoms with Crippen molar-refractivity contribution in [2.75, 3.05) is 18.5 Å². The summed E-state index contributed by atoms with van der Waals surface area (Å²) >= 11 is 6.39. The summed E-state index contributed by atoms with van der Waals surface area (Å²) in [5.74, 6) is 2.08. The second-order valence-corrected chi connectivity index (χ2v) is 7.87. The molecule has 8 nitrogen and oxygen atoms in total. The quantitative estimate of drug-likeness (QED) is 0.495. The first-order valence-corrected chi connectivity index (χ1v) is 10.0. The van der Waals surface area contributed by atoms with Crippen molar-refractivity contribution in [3.63, 3.8) is 0 Å². The molecule has 3 aromatic rings. The van der Waals surface area contributed by atoms with Crippen molar-refractivity contribution < 1.29 is 14.4 Å². The zero-order chi connectivity index (χ0) is 21.8. The first-order valence-electron chi connectivity index (χ1n) is 9.66. The molecule has 0 amide bonds. The van der Waals surface area contributed by atoms with Crippen LogP contribution in [0.5, 0.6) is 5.75 Å². The predicted octanol–water partition coefficient (Wildman–Crippen LogP) is 3.59. The van der Waals surface area contributed by atoms with Crippen LogP contribution in [0.15, 0.2) is 28.8 Å². The highest BCUT2D eigenvalue weighted by Gasteiger charge is 2.16. The Morgan fingerprint density at radius 3 is 2.60 bits per heavy atom. The summed E-state index contributed by atoms with van der Waals surface area (Å²) in [4.78, 5) is 9.00. The lowest BCUT2D eigenvalue weighted by molar-refractivity contribution is 0.206. The third-order valence-corrected chi connectivity index (χ3v) is 4.51. The second kappa shape index (κ2) is 9.42. The molecule has 0 spiro atoms. The zero-order valence-electron chi connectivity index (χ0n) is 17.4. The van der Waals surface area contributed by atoms with Crippen LogP contribution in [0.25, 0.3) is 22.8 Å². The summed E-state index contributed by atoms with van der Waals surface area (Å²) in [6, 6.07) is 7.13. The van der Waals surface area contributed by atoms with E-state index < -0.39 is 6.04 Å². The number of aromatic nitrogens is 3. The molecule has 0 fully saturated rings. The molecule has 1 atom stereocenters. The van der Waals surface area contributed by atoms with Crippen molar-refractivity contribution in [1.29, 1.82) is 0 Å². The highest BCUT2D eigenvalue weighted by Crippen LogP contribution is 2.34. The van der Waals surface area contributed by atoms with Crippen LogP contribution < -0.4 is 15.8 Å². The first-order chi connectivity index (χ1) is 14.3. The maximum absolute atomic E-state index is 9.04. The van der Waals surface area contributed by atoms with Crippen LogP contribution in [0.2, 0.25) is 5.02 Å². The number of aryl methyl sites for hydroxylation is 2. The molecular formula is C21H26ClN5O3. The Balaban J connectivity index is 1.87. The lowest BCUT2D eigenvalue weighted by Gasteiger charge is -2.14. The predicted molar refractivity (Wildman–Crippen MR) is 117 cm³/mol. The van der Waals surface area contributed by atoms with E-state index >= 15 is 0 Å². The SMILES string of the molecule is Cc1cc(-c2nc(-c3cc(C)c(OCC(N)CO)c(Cl)c3)no2)cc(NC(C)C)n1. The number of hydrogen-bond donors (Lipinski definition) is 3. The first kappa shape index (κ1) is 22.0. The van der Waals surface area contributed by atoms with Gasteiger partial charge in [-0.1, -0.05) is 16.8 Å². The van der Waals surface area contributed by atoms with Crippen molar-refractivity contribution in [3.05, 3.63) is 40.5 Å². The van der Waals surface area contributed by atoms with Gasteiger partial charge in [-0.2, -0.15) is 4.98 Å². The Hall–Kier alpha value is -2.68. The molecule has 160 valence electrons. The van der Waals surface area contributed by atoms with Gasteiger partial charge < -0.3 is 25.4 Å². The van der Waals surface area contributed by atoms with Gasteiger partial charge >= 0.3 is 0 Å². The molecule has 2 aromatic heterocycles. The second-order valence-electron chi connectivity index (χ2n) is 7.46. The number of nitrogens with one attached hydrogen (secondary N) is 1. The lowest BCUT2D eigenvalue weighted by atomic mass is 10.1. The lowest BCUT2D eigenvalue weighted by Crippen LogP contribution is -2.31. The number of aliphatic hydroxyl groups is 1. The highest BCUT2D eigenvalue weighted by molar-refractivity contribution is 6.32. The molecule has 0 radical (unpaired) electrons. The smallest absolute Gasteiger partial charge is 0.258 e. The molecule has 0 saturated heterocycles. The van der Waals surface area contributed by atoms with Gasteiger partial charge in [0.05, 0.1) is 17.7 Å². The number of aliphatic hydroxyl groups excluding tert-OH is 1. The minimum atomic E-state index is -0.473. The van der Waals surface area contributed by atoms with E-state index in [2.05, 4.69) is 20.4 Å². The standard InChI is InChI=1S/C21H26ClN5O3/c1-11(2)24-18-8-15(6-13(4)25-18)21-26-20(27-30-21)14-5-12(3)19(17(22)7-14)29-10-16(23)9-28/h5-8,11,16,28H,9-10,23H2,1-4H3,(H,24,25). The molecule has 0 aliphatic rings. The number of anilines is 1. The molecule has 0 aliphatic heterocycles. The minimum absolute atomic E-state index is 0.163. The Morgan fingerprint density at radius 2 is 1.93 bits per heavy atom. The molecule has 4 N–H and O–H groups in total. The third kappa shape index (κ3) is 5.27. The van der Waals surface area contributed by atoms with Crippen LogP contribution in [0, 0.1) is 13.8 Å². The number of benzene rings is 1. The Kier molecular flexibility index (Phi) is 6.91. The Bertz CT molecular complexity index is 999. The van der Waals surface area contributed by atoms with Crippen LogP contribution >= 0.6 is 11.6 Å². The van der Waals surface area contributed by atoms with Crippen LogP contribution in [-0.2, 0) is 0 Å². The van der Waals surface area contributed by atoms with E-state index in [1.165, 1.54) is 0 Å². The van der Waals surface area contributed by atoms with E-state index in [1.54, 1.807) is 6.07 Å². The summed E-state index contributed by atoms with van der Waals surface area (Å²) in [6.45, 7) is 7.88. The van der Waals surface area contributed by atoms with Gasteiger partial charge in [0, 0.05) is 22.9 Å². The van der Waals surface area contributed by atoms with Crippen LogP contribution in [0.3, 0.4) is 0 Å². The number of rotatable bonds is 8. The van der Waals surface area contributed by atoms with E-state index in [0.29, 0.717) is 28.1 Å². The van der Waals surface area contributed by atoms with E-state index in [1.807, 2.05) is 45.9 Å². The summed E-state index contributed by atoms with van der Waals surface area (Å²) in [6.07, 6.45) is 0. The van der Waals surface area contributed by atoms with Crippen molar-refractivity contribution >= 4 is 17.4 Å². The van der Waals surface area contributed by atoms with Gasteiger partial charge in [-0.15, -0.1) is 0 Å². The molecule has 1 unspecified atom stereocenters. The monoisotopic (exact) mass is 431 g/mol. The van der Waals surface area contributed by atoms with Crippen molar-refractivity contribution in [2.45, 2.75) is 39.8 Å². The van der Waals surface area contributed by atoms with E-state index in [9.17, 15) is 0 Å². The topological polar surface area (TPSA) is 119 Å². The van der Waals surface area contributed by atoms with E-state index in [-0.39, 0.29) is 19.3 Å². The van der Waals surface area contributed by atoms with Crippen LogP contribution in [-0.4, -0.2) is 45.5 Å². The van der Waals surface area contributed by atoms with Gasteiger partial charge in [0.25, 0.3) is 5.89 Å². The molecule has 2 heterocycles. The summed E-state index contributed by atoms with van der Waals surface area (Å²) in [5.41, 5.74) is 8.82. The molecule has 0 saturated carbocycles. The zero-order valence-corrected chi connectivity index (χ0v) is 18.2. The maximum atomic E-state index is 9.04. The third-order valence-electron chi connectivity index (χ3n) is 4.23. The highest BCUT2D eigenvalue weighted by atomic mass is 35.5. The van der Waals surface area contributed by atoms with E-state index in [0.717, 1.165) is 22.6 Å². The van der Waals surface area contributed by atoms with Crippen molar-refractivity contribution in [1.82, 2.24) is 15.1 Å². The van der Waals surface area contributed by atoms with Gasteiger partial charge in [-0.05, 0) is 57.5 Å². The Labute approximate surface area is 180 Å². The normalized spacial score (nSPS) is 12.3. The molecule has 0 aliphatic carbocycles. The number of hydrogen-bond acceptors (Lipinski definition) is 8. The molecule has 0 bridgehead atoms.